The lowest BCUT2D eigenvalue weighted by Crippen LogP contribution is -2.33. The van der Waals surface area contributed by atoms with Crippen molar-refractivity contribution >= 4 is 0 Å². The van der Waals surface area contributed by atoms with Crippen molar-refractivity contribution in [1.29, 1.82) is 0 Å². The first-order valence-corrected chi connectivity index (χ1v) is 9.88. The van der Waals surface area contributed by atoms with Gasteiger partial charge in [-0.2, -0.15) is 0 Å². The summed E-state index contributed by atoms with van der Waals surface area (Å²) in [4.78, 5) is 2.32. The number of aliphatic hydroxyl groups excluding tert-OH is 1. The molecule has 4 nitrogen and oxygen atoms in total. The lowest BCUT2D eigenvalue weighted by molar-refractivity contribution is 0.0327. The second-order valence-electron chi connectivity index (χ2n) is 8.58. The van der Waals surface area contributed by atoms with Crippen LogP contribution in [0.2, 0.25) is 0 Å². The molecule has 4 heteroatoms. The third-order valence-electron chi connectivity index (χ3n) is 6.43. The van der Waals surface area contributed by atoms with E-state index in [0.29, 0.717) is 18.4 Å². The van der Waals surface area contributed by atoms with E-state index in [0.717, 1.165) is 37.9 Å². The molecular formula is C23H29NO3. The van der Waals surface area contributed by atoms with E-state index >= 15 is 0 Å². The largest absolute Gasteiger partial charge is 0.508 e. The van der Waals surface area contributed by atoms with Crippen molar-refractivity contribution in [3.8, 4) is 5.75 Å². The van der Waals surface area contributed by atoms with Gasteiger partial charge in [-0.1, -0.05) is 36.4 Å². The van der Waals surface area contributed by atoms with Crippen LogP contribution in [0.4, 0.5) is 0 Å². The minimum atomic E-state index is -0.594. The van der Waals surface area contributed by atoms with Gasteiger partial charge in [0.2, 0.25) is 0 Å². The second-order valence-corrected chi connectivity index (χ2v) is 8.58. The molecular weight excluding hydrogens is 338 g/mol. The lowest BCUT2D eigenvalue weighted by Gasteiger charge is -2.27. The molecule has 2 fully saturated rings. The number of fused-ring (bicyclic) bond motifs is 1. The van der Waals surface area contributed by atoms with Gasteiger partial charge in [-0.25, -0.2) is 0 Å². The predicted octanol–water partition coefficient (Wildman–Crippen LogP) is 3.05. The monoisotopic (exact) mass is 367 g/mol. The summed E-state index contributed by atoms with van der Waals surface area (Å²) >= 11 is 0. The van der Waals surface area contributed by atoms with Crippen LogP contribution in [0.1, 0.15) is 35.6 Å². The molecule has 3 N–H and O–H groups in total. The fourth-order valence-corrected chi connectivity index (χ4v) is 5.06. The van der Waals surface area contributed by atoms with Crippen molar-refractivity contribution in [2.24, 2.45) is 11.8 Å². The highest BCUT2D eigenvalue weighted by Gasteiger charge is 2.48. The number of phenols is 1. The predicted molar refractivity (Wildman–Crippen MR) is 106 cm³/mol. The molecule has 0 aromatic heterocycles. The number of rotatable bonds is 5. The molecule has 27 heavy (non-hydrogen) atoms. The molecule has 2 aromatic carbocycles. The Morgan fingerprint density at radius 2 is 1.67 bits per heavy atom. The summed E-state index contributed by atoms with van der Waals surface area (Å²) in [5.74, 6) is 1.23. The number of aromatic hydroxyl groups is 1. The van der Waals surface area contributed by atoms with E-state index in [4.69, 9.17) is 0 Å². The van der Waals surface area contributed by atoms with Gasteiger partial charge in [-0.15, -0.1) is 0 Å². The molecule has 3 unspecified atom stereocenters. The first-order chi connectivity index (χ1) is 12.9. The quantitative estimate of drug-likeness (QED) is 0.760. The highest BCUT2D eigenvalue weighted by Crippen LogP contribution is 2.45. The smallest absolute Gasteiger partial charge is 0.115 e. The lowest BCUT2D eigenvalue weighted by atomic mass is 9.89. The van der Waals surface area contributed by atoms with Gasteiger partial charge in [-0.3, -0.25) is 4.90 Å². The Kier molecular flexibility index (Phi) is 4.97. The van der Waals surface area contributed by atoms with Crippen molar-refractivity contribution in [1.82, 2.24) is 4.90 Å². The molecule has 0 radical (unpaired) electrons. The normalized spacial score (nSPS) is 29.0. The zero-order chi connectivity index (χ0) is 19.0. The first kappa shape index (κ1) is 18.5. The highest BCUT2D eigenvalue weighted by molar-refractivity contribution is 5.28. The summed E-state index contributed by atoms with van der Waals surface area (Å²) in [6, 6.07) is 15.1. The summed E-state index contributed by atoms with van der Waals surface area (Å²) in [5, 5.41) is 31.0. The van der Waals surface area contributed by atoms with Crippen LogP contribution in [0.25, 0.3) is 0 Å². The Bertz CT molecular complexity index is 774. The number of hydrogen-bond donors (Lipinski definition) is 3. The molecule has 1 saturated heterocycles. The number of hydrogen-bond acceptors (Lipinski definition) is 4. The molecule has 4 rings (SSSR count). The van der Waals surface area contributed by atoms with Gasteiger partial charge in [0.1, 0.15) is 5.75 Å². The Morgan fingerprint density at radius 1 is 1.04 bits per heavy atom. The Labute approximate surface area is 161 Å². The second kappa shape index (κ2) is 7.27. The summed E-state index contributed by atoms with van der Waals surface area (Å²) < 4.78 is 0. The molecule has 3 atom stereocenters. The summed E-state index contributed by atoms with van der Waals surface area (Å²) in [5.41, 5.74) is 2.74. The number of aryl methyl sites for hydroxylation is 1. The number of β-amino-alcohol motifs (C(OH)–C–C–N with tert-alkyl or cyclic N) is 1. The number of benzene rings is 2. The van der Waals surface area contributed by atoms with E-state index in [-0.39, 0.29) is 5.75 Å². The fourth-order valence-electron chi connectivity index (χ4n) is 5.06. The van der Waals surface area contributed by atoms with E-state index in [2.05, 4.69) is 24.0 Å². The molecule has 2 aromatic rings. The van der Waals surface area contributed by atoms with E-state index < -0.39 is 11.7 Å². The number of aliphatic hydroxyl groups is 2. The summed E-state index contributed by atoms with van der Waals surface area (Å²) in [6.07, 6.45) is 1.88. The minimum Gasteiger partial charge on any atom is -0.508 e. The van der Waals surface area contributed by atoms with E-state index in [1.54, 1.807) is 24.3 Å². The van der Waals surface area contributed by atoms with Gasteiger partial charge < -0.3 is 15.3 Å². The van der Waals surface area contributed by atoms with Crippen LogP contribution in [0, 0.1) is 18.8 Å². The van der Waals surface area contributed by atoms with Crippen molar-refractivity contribution in [2.45, 2.75) is 37.9 Å². The molecule has 1 heterocycles. The van der Waals surface area contributed by atoms with Crippen LogP contribution >= 0.6 is 0 Å². The molecule has 0 spiro atoms. The van der Waals surface area contributed by atoms with E-state index in [9.17, 15) is 15.3 Å². The van der Waals surface area contributed by atoms with Crippen LogP contribution in [0.3, 0.4) is 0 Å². The van der Waals surface area contributed by atoms with E-state index in [1.165, 1.54) is 11.1 Å². The van der Waals surface area contributed by atoms with Gasteiger partial charge >= 0.3 is 0 Å². The molecule has 1 saturated carbocycles. The molecule has 1 aliphatic heterocycles. The SMILES string of the molecule is Cc1ccccc1CC1(O)CC2CN(CC(O)c3ccc(O)cc3)CC2C1. The maximum absolute atomic E-state index is 11.2. The highest BCUT2D eigenvalue weighted by atomic mass is 16.3. The first-order valence-electron chi connectivity index (χ1n) is 9.88. The van der Waals surface area contributed by atoms with Crippen molar-refractivity contribution < 1.29 is 15.3 Å². The molecule has 2 aliphatic rings. The number of likely N-dealkylation sites (tertiary alicyclic amines) is 1. The number of nitrogens with zero attached hydrogens (tertiary/aromatic N) is 1. The molecule has 1 aliphatic carbocycles. The number of phenolic OH excluding ortho intramolecular Hbond substituents is 1. The average Bonchev–Trinajstić information content (AvgIpc) is 3.11. The van der Waals surface area contributed by atoms with Crippen LogP contribution in [-0.4, -0.2) is 45.5 Å². The average molecular weight is 367 g/mol. The summed E-state index contributed by atoms with van der Waals surface area (Å²) in [6.45, 7) is 4.60. The molecule has 144 valence electrons. The zero-order valence-corrected chi connectivity index (χ0v) is 15.9. The van der Waals surface area contributed by atoms with Crippen LogP contribution in [-0.2, 0) is 6.42 Å². The van der Waals surface area contributed by atoms with Crippen LogP contribution in [0.5, 0.6) is 5.75 Å². The molecule has 0 bridgehead atoms. The topological polar surface area (TPSA) is 63.9 Å². The Morgan fingerprint density at radius 3 is 2.30 bits per heavy atom. The Balaban J connectivity index is 1.34. The van der Waals surface area contributed by atoms with Gasteiger partial charge in [0.05, 0.1) is 11.7 Å². The van der Waals surface area contributed by atoms with Gasteiger partial charge in [-0.05, 0) is 60.4 Å². The fraction of sp³-hybridized carbons (Fsp3) is 0.478. The third-order valence-corrected chi connectivity index (χ3v) is 6.43. The van der Waals surface area contributed by atoms with Gasteiger partial charge in [0.15, 0.2) is 0 Å². The zero-order valence-electron chi connectivity index (χ0n) is 15.9. The van der Waals surface area contributed by atoms with Crippen molar-refractivity contribution in [3.63, 3.8) is 0 Å². The third kappa shape index (κ3) is 4.03. The van der Waals surface area contributed by atoms with E-state index in [1.807, 2.05) is 12.1 Å². The Hall–Kier alpha value is -1.88. The standard InChI is InChI=1S/C23H29NO3/c1-16-4-2-3-5-18(16)10-23(27)11-19-13-24(14-20(19)12-23)15-22(26)17-6-8-21(25)9-7-17/h2-9,19-20,22,25-27H,10-15H2,1H3. The van der Waals surface area contributed by atoms with Crippen molar-refractivity contribution in [3.05, 3.63) is 65.2 Å². The minimum absolute atomic E-state index is 0.217. The van der Waals surface area contributed by atoms with Crippen LogP contribution < -0.4 is 0 Å². The van der Waals surface area contributed by atoms with Crippen molar-refractivity contribution in [2.75, 3.05) is 19.6 Å². The van der Waals surface area contributed by atoms with Gasteiger partial charge in [0, 0.05) is 26.1 Å². The molecule has 0 amide bonds. The maximum Gasteiger partial charge on any atom is 0.115 e. The van der Waals surface area contributed by atoms with Gasteiger partial charge in [0.25, 0.3) is 0 Å². The van der Waals surface area contributed by atoms with Crippen LogP contribution in [0.15, 0.2) is 48.5 Å². The summed E-state index contributed by atoms with van der Waals surface area (Å²) in [7, 11) is 0. The maximum atomic E-state index is 11.2.